The number of hydrogen-bond acceptors (Lipinski definition) is 6. The Labute approximate surface area is 143 Å². The van der Waals surface area contributed by atoms with E-state index in [1.165, 1.54) is 0 Å². The number of non-ortho nitro benzene ring substituents is 1. The first kappa shape index (κ1) is 19.5. The zero-order valence-electron chi connectivity index (χ0n) is 9.04. The molecule has 0 bridgehead atoms. The molecule has 0 aromatic heterocycles. The zero-order valence-corrected chi connectivity index (χ0v) is 13.9. The summed E-state index contributed by atoms with van der Waals surface area (Å²) in [5.74, 6) is -1.68. The molecule has 17 heavy (non-hydrogen) atoms. The van der Waals surface area contributed by atoms with Gasteiger partial charge in [0.2, 0.25) is 0 Å². The molecule has 0 aliphatic rings. The summed E-state index contributed by atoms with van der Waals surface area (Å²) in [4.78, 5) is 19.4. The Bertz CT molecular complexity index is 387. The number of aromatic carboxylic acids is 1. The normalized spacial score (nSPS) is 10.6. The van der Waals surface area contributed by atoms with Gasteiger partial charge in [0.05, 0.1) is 10.9 Å². The molecule has 0 saturated heterocycles. The van der Waals surface area contributed by atoms with E-state index < -0.39 is 38.1 Å². The number of hydrogen-bond donors (Lipinski definition) is 0. The zero-order chi connectivity index (χ0) is 11.6. The molecule has 1 rings (SSSR count). The molecule has 0 fully saturated rings. The van der Waals surface area contributed by atoms with E-state index in [-0.39, 0.29) is 59.1 Å². The molecule has 7 nitrogen and oxygen atoms in total. The summed E-state index contributed by atoms with van der Waals surface area (Å²) in [5.41, 5.74) is -1.17. The van der Waals surface area contributed by atoms with E-state index in [0.717, 1.165) is 18.2 Å². The minimum atomic E-state index is -2.73. The Morgan fingerprint density at radius 2 is 1.76 bits per heavy atom. The summed E-state index contributed by atoms with van der Waals surface area (Å²) in [7, 11) is 0. The van der Waals surface area contributed by atoms with Crippen LogP contribution in [0.5, 0.6) is 0 Å². The van der Waals surface area contributed by atoms with Crippen molar-refractivity contribution in [2.45, 2.75) is 4.90 Å². The molecule has 10 heteroatoms. The van der Waals surface area contributed by atoms with E-state index in [0.29, 0.717) is 0 Å². The maximum Gasteiger partial charge on any atom is 1.00 e. The van der Waals surface area contributed by atoms with Crippen LogP contribution in [0.2, 0.25) is 0 Å². The fourth-order valence-corrected chi connectivity index (χ4v) is 1.34. The van der Waals surface area contributed by atoms with Crippen LogP contribution in [0, 0.1) is 10.1 Å². The number of carbonyl (C=O) groups is 1. The molecule has 0 heterocycles. The molecular formula is C7H3NNa2O6S. The van der Waals surface area contributed by atoms with E-state index in [1.54, 1.807) is 0 Å². The molecule has 0 radical (unpaired) electrons. The Morgan fingerprint density at radius 1 is 1.24 bits per heavy atom. The Balaban J connectivity index is 0. The predicted octanol–water partition coefficient (Wildman–Crippen LogP) is -6.80. The van der Waals surface area contributed by atoms with Gasteiger partial charge < -0.3 is 14.5 Å². The Morgan fingerprint density at radius 3 is 2.12 bits per heavy atom. The number of carboxylic acids is 1. The van der Waals surface area contributed by atoms with Gasteiger partial charge in [-0.15, -0.1) is 0 Å². The molecule has 1 aromatic carbocycles. The molecule has 0 saturated carbocycles. The van der Waals surface area contributed by atoms with Crippen LogP contribution in [0.15, 0.2) is 23.1 Å². The second kappa shape index (κ2) is 8.33. The van der Waals surface area contributed by atoms with E-state index in [1.807, 2.05) is 0 Å². The van der Waals surface area contributed by atoms with Gasteiger partial charge in [0.15, 0.2) is 0 Å². The molecule has 0 N–H and O–H groups in total. The van der Waals surface area contributed by atoms with E-state index >= 15 is 0 Å². The number of carboxylic acid groups (broad SMARTS) is 1. The van der Waals surface area contributed by atoms with Crippen molar-refractivity contribution in [1.29, 1.82) is 0 Å². The molecule has 0 aliphatic carbocycles. The summed E-state index contributed by atoms with van der Waals surface area (Å²) in [6.45, 7) is 0. The van der Waals surface area contributed by atoms with Gasteiger partial charge in [0.1, 0.15) is 0 Å². The second-order valence-electron chi connectivity index (χ2n) is 2.49. The number of benzene rings is 1. The van der Waals surface area contributed by atoms with Gasteiger partial charge in [-0.3, -0.25) is 14.3 Å². The Hall–Kier alpha value is 0.200. The van der Waals surface area contributed by atoms with Gasteiger partial charge in [0.25, 0.3) is 5.69 Å². The summed E-state index contributed by atoms with van der Waals surface area (Å²) in [6, 6.07) is 2.27. The molecule has 1 unspecified atom stereocenters. The van der Waals surface area contributed by atoms with Crippen LogP contribution in [-0.4, -0.2) is 19.7 Å². The van der Waals surface area contributed by atoms with Gasteiger partial charge in [0, 0.05) is 22.6 Å². The van der Waals surface area contributed by atoms with E-state index in [2.05, 4.69) is 0 Å². The SMILES string of the molecule is O=C([O-])c1cc([N+](=O)[O-])cc(S(=O)[O-])c1.[Na+].[Na+]. The van der Waals surface area contributed by atoms with E-state index in [9.17, 15) is 28.8 Å². The second-order valence-corrected chi connectivity index (χ2v) is 3.44. The van der Waals surface area contributed by atoms with Crippen molar-refractivity contribution in [3.8, 4) is 0 Å². The third-order valence-electron chi connectivity index (χ3n) is 1.53. The maximum atomic E-state index is 10.5. The monoisotopic (exact) mass is 275 g/mol. The minimum absolute atomic E-state index is 0. The third kappa shape index (κ3) is 5.58. The average Bonchev–Trinajstić information content (AvgIpc) is 2.16. The summed E-state index contributed by atoms with van der Waals surface area (Å²) < 4.78 is 21.0. The van der Waals surface area contributed by atoms with Crippen LogP contribution < -0.4 is 64.2 Å². The quantitative estimate of drug-likeness (QED) is 0.234. The van der Waals surface area contributed by atoms with Gasteiger partial charge in [-0.05, 0) is 17.1 Å². The molecule has 0 amide bonds. The van der Waals surface area contributed by atoms with Crippen LogP contribution in [-0.2, 0) is 11.1 Å². The Kier molecular flexibility index (Phi) is 9.57. The van der Waals surface area contributed by atoms with Crippen LogP contribution >= 0.6 is 0 Å². The van der Waals surface area contributed by atoms with Crippen molar-refractivity contribution in [2.75, 3.05) is 0 Å². The fraction of sp³-hybridized carbons (Fsp3) is 0. The van der Waals surface area contributed by atoms with Crippen LogP contribution in [0.1, 0.15) is 10.4 Å². The van der Waals surface area contributed by atoms with Gasteiger partial charge >= 0.3 is 59.1 Å². The number of nitrogens with zero attached hydrogens (tertiary/aromatic N) is 1. The third-order valence-corrected chi connectivity index (χ3v) is 2.15. The van der Waals surface area contributed by atoms with Crippen molar-refractivity contribution in [3.05, 3.63) is 33.9 Å². The van der Waals surface area contributed by atoms with Gasteiger partial charge in [-0.25, -0.2) is 0 Å². The van der Waals surface area contributed by atoms with Crippen molar-refractivity contribution >= 4 is 22.7 Å². The number of nitro benzene ring substituents is 1. The van der Waals surface area contributed by atoms with Crippen LogP contribution in [0.3, 0.4) is 0 Å². The van der Waals surface area contributed by atoms with Crippen LogP contribution in [0.25, 0.3) is 0 Å². The average molecular weight is 275 g/mol. The first-order valence-corrected chi connectivity index (χ1v) is 4.59. The number of nitro groups is 1. The standard InChI is InChI=1S/C7H5NO6S.2Na/c9-7(10)4-1-5(8(11)12)3-6(2-4)15(13)14;;/h1-3H,(H,9,10)(H,13,14);;/q;2*+1/p-2. The van der Waals surface area contributed by atoms with Gasteiger partial charge in [-0.2, -0.15) is 0 Å². The molecule has 1 atom stereocenters. The first-order valence-electron chi connectivity index (χ1n) is 3.52. The van der Waals surface area contributed by atoms with Crippen molar-refractivity contribution in [3.63, 3.8) is 0 Å². The first-order chi connectivity index (χ1) is 6.91. The minimum Gasteiger partial charge on any atom is -0.768 e. The van der Waals surface area contributed by atoms with E-state index in [4.69, 9.17) is 0 Å². The topological polar surface area (TPSA) is 123 Å². The number of rotatable bonds is 3. The molecule has 1 aromatic rings. The fourth-order valence-electron chi connectivity index (χ4n) is 0.903. The summed E-state index contributed by atoms with van der Waals surface area (Å²) >= 11 is -2.73. The summed E-state index contributed by atoms with van der Waals surface area (Å²) in [6.07, 6.45) is 0. The predicted molar refractivity (Wildman–Crippen MR) is 44.6 cm³/mol. The van der Waals surface area contributed by atoms with Gasteiger partial charge in [-0.1, -0.05) is 0 Å². The molecule has 0 spiro atoms. The van der Waals surface area contributed by atoms with Crippen molar-refractivity contribution in [2.24, 2.45) is 0 Å². The van der Waals surface area contributed by atoms with Crippen LogP contribution in [0.4, 0.5) is 5.69 Å². The molecule has 0 aliphatic heterocycles. The number of carbonyl (C=O) groups excluding carboxylic acids is 1. The maximum absolute atomic E-state index is 10.5. The molecule has 80 valence electrons. The smallest absolute Gasteiger partial charge is 0.768 e. The summed E-state index contributed by atoms with van der Waals surface area (Å²) in [5, 5.41) is 20.8. The molecular weight excluding hydrogens is 272 g/mol. The largest absolute Gasteiger partial charge is 1.00 e. The van der Waals surface area contributed by atoms with Crippen molar-refractivity contribution in [1.82, 2.24) is 0 Å². The van der Waals surface area contributed by atoms with Crippen molar-refractivity contribution < 1.29 is 82.7 Å².